The number of amides is 1. The highest BCUT2D eigenvalue weighted by Crippen LogP contribution is 2.38. The average Bonchev–Trinajstić information content (AvgIpc) is 2.77. The Bertz CT molecular complexity index is 441. The topological polar surface area (TPSA) is 89.3 Å². The van der Waals surface area contributed by atoms with E-state index in [1.807, 2.05) is 0 Å². The van der Waals surface area contributed by atoms with Gasteiger partial charge in [0.25, 0.3) is 0 Å². The van der Waals surface area contributed by atoms with Crippen molar-refractivity contribution in [2.45, 2.75) is 44.9 Å². The molecular weight excluding hydrogens is 276 g/mol. The Kier molecular flexibility index (Phi) is 5.07. The lowest BCUT2D eigenvalue weighted by Gasteiger charge is -2.35. The lowest BCUT2D eigenvalue weighted by atomic mass is 9.71. The first-order valence-electron chi connectivity index (χ1n) is 7.62. The minimum absolute atomic E-state index is 0.0237. The number of nitrogens with one attached hydrogen (secondary N) is 1. The van der Waals surface area contributed by atoms with Gasteiger partial charge in [-0.3, -0.25) is 4.79 Å². The number of rotatable bonds is 5. The van der Waals surface area contributed by atoms with Crippen molar-refractivity contribution in [2.75, 3.05) is 24.6 Å². The first-order valence-corrected chi connectivity index (χ1v) is 9.44. The highest BCUT2D eigenvalue weighted by atomic mass is 32.2. The average molecular weight is 302 g/mol. The van der Waals surface area contributed by atoms with Crippen LogP contribution in [0.4, 0.5) is 0 Å². The zero-order valence-electron chi connectivity index (χ0n) is 12.1. The van der Waals surface area contributed by atoms with Gasteiger partial charge in [0, 0.05) is 13.0 Å². The lowest BCUT2D eigenvalue weighted by Crippen LogP contribution is -2.39. The Morgan fingerprint density at radius 2 is 1.95 bits per heavy atom. The molecule has 0 spiro atoms. The molecular formula is C14H26N2O3S. The van der Waals surface area contributed by atoms with E-state index in [-0.39, 0.29) is 28.7 Å². The normalized spacial score (nSPS) is 28.1. The predicted octanol–water partition coefficient (Wildman–Crippen LogP) is 0.837. The van der Waals surface area contributed by atoms with Crippen molar-refractivity contribution >= 4 is 15.7 Å². The van der Waals surface area contributed by atoms with Gasteiger partial charge in [-0.2, -0.15) is 0 Å². The summed E-state index contributed by atoms with van der Waals surface area (Å²) in [6.45, 7) is 1.05. The lowest BCUT2D eigenvalue weighted by molar-refractivity contribution is -0.124. The van der Waals surface area contributed by atoms with Crippen molar-refractivity contribution < 1.29 is 13.2 Å². The van der Waals surface area contributed by atoms with Crippen molar-refractivity contribution in [3.05, 3.63) is 0 Å². The van der Waals surface area contributed by atoms with Crippen LogP contribution in [-0.2, 0) is 14.6 Å². The van der Waals surface area contributed by atoms with Gasteiger partial charge in [-0.1, -0.05) is 19.3 Å². The van der Waals surface area contributed by atoms with E-state index < -0.39 is 9.84 Å². The molecule has 116 valence electrons. The van der Waals surface area contributed by atoms with E-state index in [2.05, 4.69) is 5.32 Å². The van der Waals surface area contributed by atoms with Crippen LogP contribution in [0.5, 0.6) is 0 Å². The first-order chi connectivity index (χ1) is 9.45. The monoisotopic (exact) mass is 302 g/mol. The number of hydrogen-bond acceptors (Lipinski definition) is 4. The van der Waals surface area contributed by atoms with Gasteiger partial charge in [0.1, 0.15) is 0 Å². The van der Waals surface area contributed by atoms with Crippen molar-refractivity contribution in [2.24, 2.45) is 17.1 Å². The van der Waals surface area contributed by atoms with Gasteiger partial charge in [-0.05, 0) is 37.1 Å². The number of nitrogens with two attached hydrogens (primary N) is 1. The second-order valence-electron chi connectivity index (χ2n) is 6.51. The van der Waals surface area contributed by atoms with Crippen molar-refractivity contribution in [3.63, 3.8) is 0 Å². The molecule has 20 heavy (non-hydrogen) atoms. The molecule has 2 rings (SSSR count). The summed E-state index contributed by atoms with van der Waals surface area (Å²) in [6.07, 6.45) is 6.79. The minimum atomic E-state index is -2.86. The van der Waals surface area contributed by atoms with Crippen molar-refractivity contribution in [3.8, 4) is 0 Å². The van der Waals surface area contributed by atoms with Crippen molar-refractivity contribution in [1.82, 2.24) is 5.32 Å². The summed E-state index contributed by atoms with van der Waals surface area (Å²) in [5.74, 6) is 0.598. The number of hydrogen-bond donors (Lipinski definition) is 2. The minimum Gasteiger partial charge on any atom is -0.356 e. The van der Waals surface area contributed by atoms with E-state index in [9.17, 15) is 13.2 Å². The molecule has 1 aliphatic heterocycles. The molecule has 0 aromatic carbocycles. The van der Waals surface area contributed by atoms with E-state index in [1.54, 1.807) is 0 Å². The maximum atomic E-state index is 12.1. The Morgan fingerprint density at radius 1 is 1.25 bits per heavy atom. The smallest absolute Gasteiger partial charge is 0.220 e. The molecule has 1 saturated carbocycles. The molecule has 1 heterocycles. The summed E-state index contributed by atoms with van der Waals surface area (Å²) in [5.41, 5.74) is 5.86. The summed E-state index contributed by atoms with van der Waals surface area (Å²) in [5, 5.41) is 2.91. The van der Waals surface area contributed by atoms with E-state index in [1.165, 1.54) is 6.42 Å². The zero-order chi connectivity index (χ0) is 14.6. The molecule has 2 fully saturated rings. The van der Waals surface area contributed by atoms with Gasteiger partial charge >= 0.3 is 0 Å². The molecule has 0 aromatic heterocycles. The van der Waals surface area contributed by atoms with Gasteiger partial charge in [-0.15, -0.1) is 0 Å². The highest BCUT2D eigenvalue weighted by molar-refractivity contribution is 7.91. The van der Waals surface area contributed by atoms with E-state index >= 15 is 0 Å². The molecule has 1 aliphatic carbocycles. The van der Waals surface area contributed by atoms with Gasteiger partial charge in [0.05, 0.1) is 11.5 Å². The summed E-state index contributed by atoms with van der Waals surface area (Å²) in [7, 11) is -2.86. The van der Waals surface area contributed by atoms with Crippen LogP contribution in [0.2, 0.25) is 0 Å². The molecule has 0 aromatic rings. The largest absolute Gasteiger partial charge is 0.356 e. The Labute approximate surface area is 121 Å². The van der Waals surface area contributed by atoms with Gasteiger partial charge in [0.15, 0.2) is 9.84 Å². The van der Waals surface area contributed by atoms with Crippen LogP contribution in [0.1, 0.15) is 44.9 Å². The van der Waals surface area contributed by atoms with E-state index in [0.717, 1.165) is 25.7 Å². The molecule has 1 amide bonds. The second-order valence-corrected chi connectivity index (χ2v) is 8.74. The fourth-order valence-corrected chi connectivity index (χ4v) is 5.31. The van der Waals surface area contributed by atoms with Crippen LogP contribution >= 0.6 is 0 Å². The molecule has 2 aliphatic rings. The van der Waals surface area contributed by atoms with Crippen LogP contribution < -0.4 is 11.1 Å². The maximum Gasteiger partial charge on any atom is 0.220 e. The van der Waals surface area contributed by atoms with Gasteiger partial charge < -0.3 is 11.1 Å². The fourth-order valence-electron chi connectivity index (χ4n) is 3.45. The summed E-state index contributed by atoms with van der Waals surface area (Å²) in [6, 6.07) is 0. The third-order valence-corrected chi connectivity index (χ3v) is 6.63. The quantitative estimate of drug-likeness (QED) is 0.787. The van der Waals surface area contributed by atoms with Crippen LogP contribution in [0, 0.1) is 11.3 Å². The third kappa shape index (κ3) is 4.19. The molecule has 1 saturated heterocycles. The van der Waals surface area contributed by atoms with Crippen LogP contribution in [0.15, 0.2) is 0 Å². The molecule has 3 N–H and O–H groups in total. The molecule has 1 atom stereocenters. The summed E-state index contributed by atoms with van der Waals surface area (Å²) >= 11 is 0. The third-order valence-electron chi connectivity index (χ3n) is 4.80. The summed E-state index contributed by atoms with van der Waals surface area (Å²) < 4.78 is 22.7. The first kappa shape index (κ1) is 15.8. The van der Waals surface area contributed by atoms with Gasteiger partial charge in [-0.25, -0.2) is 8.42 Å². The zero-order valence-corrected chi connectivity index (χ0v) is 12.9. The molecule has 5 nitrogen and oxygen atoms in total. The molecule has 0 radical (unpaired) electrons. The second kappa shape index (κ2) is 6.43. The van der Waals surface area contributed by atoms with Gasteiger partial charge in [0.2, 0.25) is 5.91 Å². The number of carbonyl (C=O) groups is 1. The van der Waals surface area contributed by atoms with Crippen molar-refractivity contribution in [1.29, 1.82) is 0 Å². The fraction of sp³-hybridized carbons (Fsp3) is 0.929. The SMILES string of the molecule is NCC1(CC(=O)NCC2CCS(=O)(=O)C2)CCCCC1. The standard InChI is InChI=1S/C14H26N2O3S/c15-11-14(5-2-1-3-6-14)8-13(17)16-9-12-4-7-20(18,19)10-12/h12H,1-11,15H2,(H,16,17). The van der Waals surface area contributed by atoms with E-state index in [0.29, 0.717) is 25.9 Å². The van der Waals surface area contributed by atoms with E-state index in [4.69, 9.17) is 5.73 Å². The van der Waals surface area contributed by atoms with Crippen LogP contribution in [-0.4, -0.2) is 38.9 Å². The molecule has 0 bridgehead atoms. The molecule has 6 heteroatoms. The Hall–Kier alpha value is -0.620. The van der Waals surface area contributed by atoms with Crippen LogP contribution in [0.3, 0.4) is 0 Å². The maximum absolute atomic E-state index is 12.1. The predicted molar refractivity (Wildman–Crippen MR) is 79.0 cm³/mol. The number of sulfone groups is 1. The Morgan fingerprint density at radius 3 is 2.50 bits per heavy atom. The number of carbonyl (C=O) groups excluding carboxylic acids is 1. The van der Waals surface area contributed by atoms with Crippen LogP contribution in [0.25, 0.3) is 0 Å². The molecule has 1 unspecified atom stereocenters. The Balaban J connectivity index is 1.77. The highest BCUT2D eigenvalue weighted by Gasteiger charge is 2.33. The summed E-state index contributed by atoms with van der Waals surface area (Å²) in [4.78, 5) is 12.1.